The van der Waals surface area contributed by atoms with Crippen LogP contribution >= 0.6 is 0 Å². The highest BCUT2D eigenvalue weighted by molar-refractivity contribution is 5.93. The summed E-state index contributed by atoms with van der Waals surface area (Å²) in [7, 11) is 1.37. The fraction of sp³-hybridized carbons (Fsp3) is 0.333. The van der Waals surface area contributed by atoms with E-state index in [4.69, 9.17) is 14.5 Å². The van der Waals surface area contributed by atoms with Crippen LogP contribution in [0.4, 0.5) is 5.69 Å². The van der Waals surface area contributed by atoms with Gasteiger partial charge in [-0.25, -0.2) is 4.79 Å². The number of pyridine rings is 1. The highest BCUT2D eigenvalue weighted by atomic mass is 16.5. The van der Waals surface area contributed by atoms with Crippen LogP contribution in [0.2, 0.25) is 0 Å². The summed E-state index contributed by atoms with van der Waals surface area (Å²) >= 11 is 0. The van der Waals surface area contributed by atoms with Crippen molar-refractivity contribution in [2.24, 2.45) is 0 Å². The molecule has 0 amide bonds. The zero-order valence-electron chi connectivity index (χ0n) is 18.5. The van der Waals surface area contributed by atoms with E-state index in [2.05, 4.69) is 17.4 Å². The Morgan fingerprint density at radius 1 is 1.00 bits per heavy atom. The number of methoxy groups -OCH3 is 1. The van der Waals surface area contributed by atoms with Gasteiger partial charge in [0.15, 0.2) is 0 Å². The molecule has 32 heavy (non-hydrogen) atoms. The number of benzene rings is 2. The van der Waals surface area contributed by atoms with E-state index in [-0.39, 0.29) is 0 Å². The molecule has 0 bridgehead atoms. The molecule has 2 aromatic carbocycles. The minimum atomic E-state index is -0.415. The molecule has 0 aliphatic heterocycles. The summed E-state index contributed by atoms with van der Waals surface area (Å²) in [6.07, 6.45) is 8.44. The zero-order valence-corrected chi connectivity index (χ0v) is 18.5. The van der Waals surface area contributed by atoms with E-state index in [0.717, 1.165) is 16.8 Å². The van der Waals surface area contributed by atoms with Gasteiger partial charge in [-0.15, -0.1) is 0 Å². The molecule has 1 fully saturated rings. The van der Waals surface area contributed by atoms with Gasteiger partial charge >= 0.3 is 5.97 Å². The first-order chi connectivity index (χ1) is 15.7. The van der Waals surface area contributed by atoms with Crippen LogP contribution in [0.15, 0.2) is 66.9 Å². The molecule has 0 atom stereocenters. The lowest BCUT2D eigenvalue weighted by Crippen LogP contribution is -2.08. The molecule has 1 aliphatic carbocycles. The van der Waals surface area contributed by atoms with Crippen LogP contribution in [0.5, 0.6) is 5.75 Å². The van der Waals surface area contributed by atoms with E-state index in [1.165, 1.54) is 44.9 Å². The van der Waals surface area contributed by atoms with Gasteiger partial charge in [-0.2, -0.15) is 0 Å². The van der Waals surface area contributed by atoms with Crippen molar-refractivity contribution in [2.45, 2.75) is 51.2 Å². The second-order valence-corrected chi connectivity index (χ2v) is 8.26. The van der Waals surface area contributed by atoms with Crippen molar-refractivity contribution in [3.05, 3.63) is 89.2 Å². The maximum absolute atomic E-state index is 12.2. The highest BCUT2D eigenvalue weighted by Gasteiger charge is 2.17. The topological polar surface area (TPSA) is 60.5 Å². The van der Waals surface area contributed by atoms with Gasteiger partial charge in [0, 0.05) is 36.1 Å². The first-order valence-electron chi connectivity index (χ1n) is 11.3. The zero-order chi connectivity index (χ0) is 22.2. The number of nitrogens with zero attached hydrogens (tertiary/aromatic N) is 1. The van der Waals surface area contributed by atoms with E-state index in [1.807, 2.05) is 48.7 Å². The molecule has 0 radical (unpaired) electrons. The summed E-state index contributed by atoms with van der Waals surface area (Å²) in [5.74, 6) is 0.694. The minimum absolute atomic E-state index is 0.376. The predicted molar refractivity (Wildman–Crippen MR) is 126 cm³/mol. The Kier molecular flexibility index (Phi) is 7.38. The van der Waals surface area contributed by atoms with Gasteiger partial charge in [-0.1, -0.05) is 55.7 Å². The van der Waals surface area contributed by atoms with E-state index >= 15 is 0 Å². The first kappa shape index (κ1) is 21.9. The minimum Gasteiger partial charge on any atom is -0.488 e. The van der Waals surface area contributed by atoms with Crippen molar-refractivity contribution in [1.29, 1.82) is 0 Å². The molecule has 5 heteroatoms. The molecule has 3 aromatic rings. The molecule has 1 aliphatic rings. The van der Waals surface area contributed by atoms with Crippen LogP contribution in [-0.2, 0) is 17.9 Å². The standard InChI is InChI=1S/C27H30N2O3/c1-31-27(30)24-14-13-23(16-26(24)32-19-20-8-4-2-5-9-20)28-17-21-12-15-25(29-18-21)22-10-6-3-7-11-22/h2,4-5,8-9,12-16,18,22,28H,3,6-7,10-11,17,19H2,1H3. The Balaban J connectivity index is 1.42. The normalized spacial score (nSPS) is 14.0. The second kappa shape index (κ2) is 10.8. The van der Waals surface area contributed by atoms with Crippen LogP contribution in [-0.4, -0.2) is 18.1 Å². The lowest BCUT2D eigenvalue weighted by molar-refractivity contribution is 0.0595. The van der Waals surface area contributed by atoms with E-state index in [1.54, 1.807) is 6.07 Å². The molecule has 166 valence electrons. The van der Waals surface area contributed by atoms with Gasteiger partial charge in [0.05, 0.1) is 7.11 Å². The summed E-state index contributed by atoms with van der Waals surface area (Å²) in [5, 5.41) is 3.41. The Bertz CT molecular complexity index is 1010. The Morgan fingerprint density at radius 3 is 2.53 bits per heavy atom. The van der Waals surface area contributed by atoms with Crippen molar-refractivity contribution in [3.63, 3.8) is 0 Å². The number of anilines is 1. The largest absolute Gasteiger partial charge is 0.488 e. The summed E-state index contributed by atoms with van der Waals surface area (Å²) in [6, 6.07) is 19.6. The van der Waals surface area contributed by atoms with Gasteiger partial charge in [-0.3, -0.25) is 4.98 Å². The van der Waals surface area contributed by atoms with E-state index < -0.39 is 5.97 Å². The summed E-state index contributed by atoms with van der Waals surface area (Å²) in [4.78, 5) is 16.9. The molecule has 1 N–H and O–H groups in total. The number of carbonyl (C=O) groups excluding carboxylic acids is 1. The van der Waals surface area contributed by atoms with Crippen molar-refractivity contribution < 1.29 is 14.3 Å². The van der Waals surface area contributed by atoms with Crippen LogP contribution in [0, 0.1) is 0 Å². The fourth-order valence-corrected chi connectivity index (χ4v) is 4.15. The van der Waals surface area contributed by atoms with Crippen molar-refractivity contribution in [2.75, 3.05) is 12.4 Å². The Hall–Kier alpha value is -3.34. The third-order valence-electron chi connectivity index (χ3n) is 5.99. The molecular formula is C27H30N2O3. The molecule has 1 heterocycles. The average Bonchev–Trinajstić information content (AvgIpc) is 2.87. The number of esters is 1. The van der Waals surface area contributed by atoms with Crippen LogP contribution in [0.25, 0.3) is 0 Å². The van der Waals surface area contributed by atoms with Crippen molar-refractivity contribution in [1.82, 2.24) is 4.98 Å². The molecule has 4 rings (SSSR count). The monoisotopic (exact) mass is 430 g/mol. The SMILES string of the molecule is COC(=O)c1ccc(NCc2ccc(C3CCCCC3)nc2)cc1OCc1ccccc1. The molecule has 1 saturated carbocycles. The third-order valence-corrected chi connectivity index (χ3v) is 5.99. The van der Waals surface area contributed by atoms with E-state index in [0.29, 0.717) is 30.4 Å². The predicted octanol–water partition coefficient (Wildman–Crippen LogP) is 6.11. The number of hydrogen-bond donors (Lipinski definition) is 1. The van der Waals surface area contributed by atoms with Crippen LogP contribution in [0.1, 0.15) is 65.2 Å². The molecule has 0 unspecified atom stereocenters. The number of aromatic nitrogens is 1. The van der Waals surface area contributed by atoms with Crippen molar-refractivity contribution >= 4 is 11.7 Å². The summed E-state index contributed by atoms with van der Waals surface area (Å²) in [6.45, 7) is 1.02. The number of ether oxygens (including phenoxy) is 2. The van der Waals surface area contributed by atoms with Gasteiger partial charge < -0.3 is 14.8 Å². The molecule has 0 saturated heterocycles. The van der Waals surface area contributed by atoms with Gasteiger partial charge in [0.1, 0.15) is 17.9 Å². The lowest BCUT2D eigenvalue weighted by Gasteiger charge is -2.21. The maximum Gasteiger partial charge on any atom is 0.341 e. The van der Waals surface area contributed by atoms with Crippen molar-refractivity contribution in [3.8, 4) is 5.75 Å². The highest BCUT2D eigenvalue weighted by Crippen LogP contribution is 2.31. The second-order valence-electron chi connectivity index (χ2n) is 8.26. The van der Waals surface area contributed by atoms with Gasteiger partial charge in [0.25, 0.3) is 0 Å². The quantitative estimate of drug-likeness (QED) is 0.437. The molecular weight excluding hydrogens is 400 g/mol. The number of carbonyl (C=O) groups is 1. The lowest BCUT2D eigenvalue weighted by atomic mass is 9.86. The van der Waals surface area contributed by atoms with E-state index in [9.17, 15) is 4.79 Å². The smallest absolute Gasteiger partial charge is 0.341 e. The number of rotatable bonds is 8. The molecule has 0 spiro atoms. The number of hydrogen-bond acceptors (Lipinski definition) is 5. The summed E-state index contributed by atoms with van der Waals surface area (Å²) in [5.41, 5.74) is 4.65. The van der Waals surface area contributed by atoms with Crippen LogP contribution < -0.4 is 10.1 Å². The molecule has 5 nitrogen and oxygen atoms in total. The van der Waals surface area contributed by atoms with Gasteiger partial charge in [-0.05, 0) is 42.2 Å². The first-order valence-corrected chi connectivity index (χ1v) is 11.3. The Morgan fingerprint density at radius 2 is 1.81 bits per heavy atom. The average molecular weight is 431 g/mol. The summed E-state index contributed by atoms with van der Waals surface area (Å²) < 4.78 is 10.9. The molecule has 1 aromatic heterocycles. The third kappa shape index (κ3) is 5.67. The maximum atomic E-state index is 12.2. The van der Waals surface area contributed by atoms with Gasteiger partial charge in [0.2, 0.25) is 0 Å². The fourth-order valence-electron chi connectivity index (χ4n) is 4.15. The number of nitrogens with one attached hydrogen (secondary N) is 1. The van der Waals surface area contributed by atoms with Crippen LogP contribution in [0.3, 0.4) is 0 Å². The Labute approximate surface area is 189 Å².